The van der Waals surface area contributed by atoms with Crippen LogP contribution in [-0.4, -0.2) is 304 Å². The standard InChI is InChI=1S/C24H30Br2N2O9.C23H28N8O9.C16H32N4O7.N3.Na/c1-10-14(8-25)35-24(17(18(10)30)28-21(32)12-6-4-5-7-13(12)22(28)33)37-20-15(9-26)36-23(34-3)16(19(20)31)27-11(2)29;1-9-13(7-26-29-24)39-23(16(17(9)33)31-20(35)11-5-3-4-6-12(11)21(31)36)40-19-14(8-27-30-25)38-22(37)15(18(19)34)28-10(2)32;1-6-8(4-17)25-15(10(19)12(6)22)27-14-9(5-18)26-16(24-3)11(13(14)23)20-7(2)21;1-3-2;/h4-7,10,14-20,23-24,30-31H,8-9H2,1-3H3,(H,27,29);3-6,9,13-19,22-23,33-34,37H,7-8H2,1-2H3,(H,28,32);6,8-16,22-23H,4-5,17-19H2,1-3H3,(H,20,21);;/q;;;-1;+1. The van der Waals surface area contributed by atoms with E-state index >= 15 is 0 Å². The smallest absolute Gasteiger partial charge is 0.391 e. The Morgan fingerprint density at radius 3 is 1.20 bits per heavy atom. The summed E-state index contributed by atoms with van der Waals surface area (Å²) in [6, 6.07) is 5.76. The van der Waals surface area contributed by atoms with Crippen LogP contribution >= 0.6 is 31.9 Å². The van der Waals surface area contributed by atoms with Crippen molar-refractivity contribution in [2.45, 2.75) is 207 Å². The number of aliphatic hydroxyl groups is 7. The fourth-order valence-corrected chi connectivity index (χ4v) is 15.0. The van der Waals surface area contributed by atoms with Gasteiger partial charge in [0.15, 0.2) is 37.7 Å². The molecular formula is C63H90Br2N17NaO25. The number of hydrogen-bond donors (Lipinski definition) is 13. The van der Waals surface area contributed by atoms with E-state index in [0.29, 0.717) is 5.33 Å². The number of nitrogens with one attached hydrogen (secondary N) is 3. The van der Waals surface area contributed by atoms with Gasteiger partial charge in [-0.3, -0.25) is 48.3 Å². The summed E-state index contributed by atoms with van der Waals surface area (Å²) < 4.78 is 63.9. The van der Waals surface area contributed by atoms with Crippen LogP contribution in [0.15, 0.2) is 58.8 Å². The molecule has 8 aliphatic rings. The topological polar surface area (TPSA) is 639 Å². The van der Waals surface area contributed by atoms with Gasteiger partial charge in [0.1, 0.15) is 72.9 Å². The number of nitrogens with two attached hydrogens (primary N) is 3. The molecule has 30 atom stereocenters. The summed E-state index contributed by atoms with van der Waals surface area (Å²) in [4.78, 5) is 97.0. The molecule has 0 saturated carbocycles. The van der Waals surface area contributed by atoms with Crippen LogP contribution < -0.4 is 62.7 Å². The van der Waals surface area contributed by atoms with E-state index < -0.39 is 219 Å². The van der Waals surface area contributed by atoms with E-state index in [1.54, 1.807) is 57.2 Å². The SMILES string of the molecule is CC(=O)NC1C(O)OC(CN=[N+]=[N-])C(OC2OC(CN=[N+]=[N-])C(C)C(O)C2N2C(=O)c3ccccc3C2=O)C1O.COC1OC(CBr)C(OC2OC(CBr)C(C)C(O)C2N2C(=O)c3ccccc3C2=O)C(O)C1NC(C)=O.COC1OC(CN)C(OC2OC(CN)C(C)C(O)C2N)C(O)C1NC(C)=O.[N-]=[N+]=[N-].[Na+]. The molecule has 8 aliphatic heterocycles. The predicted octanol–water partition coefficient (Wildman–Crippen LogP) is -4.81. The molecule has 6 saturated heterocycles. The van der Waals surface area contributed by atoms with Crippen molar-refractivity contribution in [3.05, 3.63) is 108 Å². The fourth-order valence-electron chi connectivity index (χ4n) is 13.8. The van der Waals surface area contributed by atoms with Gasteiger partial charge in [-0.1, -0.05) is 87.1 Å². The van der Waals surface area contributed by atoms with E-state index in [1.807, 2.05) is 0 Å². The average molecular weight is 1670 g/mol. The first-order valence-electron chi connectivity index (χ1n) is 33.6. The van der Waals surface area contributed by atoms with Gasteiger partial charge < -0.3 is 132 Å². The number of azide groups is 2. The molecule has 0 spiro atoms. The molecule has 8 heterocycles. The number of nitrogens with zero attached hydrogens (tertiary/aromatic N) is 11. The Morgan fingerprint density at radius 2 is 0.815 bits per heavy atom. The van der Waals surface area contributed by atoms with E-state index in [4.69, 9.17) is 91.4 Å². The maximum atomic E-state index is 13.3. The van der Waals surface area contributed by atoms with Crippen LogP contribution in [0.5, 0.6) is 0 Å². The van der Waals surface area contributed by atoms with Gasteiger partial charge in [0.2, 0.25) is 17.7 Å². The first kappa shape index (κ1) is 91.1. The predicted molar refractivity (Wildman–Crippen MR) is 372 cm³/mol. The second-order valence-corrected chi connectivity index (χ2v) is 27.4. The molecule has 2 aromatic rings. The molecule has 0 aromatic heterocycles. The number of ether oxygens (including phenoxy) is 11. The van der Waals surface area contributed by atoms with Crippen LogP contribution in [0.1, 0.15) is 83.0 Å². The Kier molecular flexibility index (Phi) is 35.1. The largest absolute Gasteiger partial charge is 1.00 e. The summed E-state index contributed by atoms with van der Waals surface area (Å²) in [5, 5.41) is 91.7. The van der Waals surface area contributed by atoms with Gasteiger partial charge in [0.25, 0.3) is 23.6 Å². The van der Waals surface area contributed by atoms with E-state index in [9.17, 15) is 69.3 Å². The van der Waals surface area contributed by atoms with Crippen LogP contribution in [0.3, 0.4) is 0 Å². The number of imide groups is 2. The zero-order valence-corrected chi connectivity index (χ0v) is 65.2. The number of halogens is 2. The zero-order valence-electron chi connectivity index (χ0n) is 60.1. The average Bonchev–Trinajstić information content (AvgIpc) is 1.54. The molecule has 108 heavy (non-hydrogen) atoms. The number of carbonyl (C=O) groups is 7. The number of rotatable bonds is 21. The first-order chi connectivity index (χ1) is 50.9. The molecule has 30 unspecified atom stereocenters. The molecule has 16 N–H and O–H groups in total. The Morgan fingerprint density at radius 1 is 0.491 bits per heavy atom. The van der Waals surface area contributed by atoms with Crippen molar-refractivity contribution in [2.24, 2.45) is 45.2 Å². The monoisotopic (exact) mass is 1670 g/mol. The Bertz CT molecular complexity index is 3490. The molecule has 592 valence electrons. The van der Waals surface area contributed by atoms with Crippen molar-refractivity contribution < 1.29 is 151 Å². The van der Waals surface area contributed by atoms with Crippen LogP contribution in [0, 0.1) is 17.8 Å². The van der Waals surface area contributed by atoms with E-state index in [-0.39, 0.29) is 88.6 Å². The minimum atomic E-state index is -1.71. The number of carbonyl (C=O) groups excluding carboxylic acids is 7. The minimum Gasteiger partial charge on any atom is -0.391 e. The van der Waals surface area contributed by atoms with Crippen molar-refractivity contribution in [3.8, 4) is 0 Å². The number of benzene rings is 2. The van der Waals surface area contributed by atoms with Crippen LogP contribution in [-0.2, 0) is 66.5 Å². The van der Waals surface area contributed by atoms with Gasteiger partial charge >= 0.3 is 29.6 Å². The van der Waals surface area contributed by atoms with Crippen molar-refractivity contribution in [1.82, 2.24) is 25.8 Å². The van der Waals surface area contributed by atoms with Gasteiger partial charge in [0.05, 0.1) is 90.2 Å². The van der Waals surface area contributed by atoms with Crippen molar-refractivity contribution in [3.63, 3.8) is 0 Å². The molecule has 42 nitrogen and oxygen atoms in total. The zero-order chi connectivity index (χ0) is 79.2. The summed E-state index contributed by atoms with van der Waals surface area (Å²) in [6.07, 6.45) is -23.4. The van der Waals surface area contributed by atoms with Gasteiger partial charge in [0, 0.05) is 86.3 Å². The molecule has 0 aliphatic carbocycles. The number of methoxy groups -OCH3 is 2. The number of amides is 7. The van der Waals surface area contributed by atoms with Crippen molar-refractivity contribution in [1.29, 1.82) is 0 Å². The first-order valence-corrected chi connectivity index (χ1v) is 35.9. The summed E-state index contributed by atoms with van der Waals surface area (Å²) in [5.74, 6) is -5.42. The summed E-state index contributed by atoms with van der Waals surface area (Å²) in [7, 11) is 2.78. The molecule has 7 amide bonds. The quantitative estimate of drug-likeness (QED) is 0.0139. The number of fused-ring (bicyclic) bond motifs is 2. The maximum Gasteiger partial charge on any atom is 1.00 e. The Hall–Kier alpha value is -5.82. The maximum absolute atomic E-state index is 13.3. The second kappa shape index (κ2) is 41.6. The van der Waals surface area contributed by atoms with Crippen molar-refractivity contribution >= 4 is 73.2 Å². The normalized spacial score (nSPS) is 37.6. The van der Waals surface area contributed by atoms with Crippen LogP contribution in [0.2, 0.25) is 0 Å². The fraction of sp³-hybridized carbons (Fsp3) is 0.698. The molecule has 0 bridgehead atoms. The molecule has 2 aromatic carbocycles. The minimum absolute atomic E-state index is 0. The number of aliphatic hydroxyl groups excluding tert-OH is 7. The molecule has 6 fully saturated rings. The van der Waals surface area contributed by atoms with E-state index in [2.05, 4.69) is 67.9 Å². The number of hydrogen-bond acceptors (Lipinski definition) is 30. The Labute approximate surface area is 657 Å². The van der Waals surface area contributed by atoms with E-state index in [0.717, 1.165) is 16.7 Å². The Balaban J connectivity index is 0.000000252. The third-order valence-electron chi connectivity index (χ3n) is 19.4. The van der Waals surface area contributed by atoms with Crippen LogP contribution in [0.4, 0.5) is 0 Å². The third kappa shape index (κ3) is 20.3. The summed E-state index contributed by atoms with van der Waals surface area (Å²) >= 11 is 6.75. The van der Waals surface area contributed by atoms with Crippen LogP contribution in [0.25, 0.3) is 36.9 Å². The van der Waals surface area contributed by atoms with Gasteiger partial charge in [-0.2, -0.15) is 0 Å². The van der Waals surface area contributed by atoms with Gasteiger partial charge in [-0.25, -0.2) is 0 Å². The van der Waals surface area contributed by atoms with Crippen molar-refractivity contribution in [2.75, 3.05) is 51.1 Å². The summed E-state index contributed by atoms with van der Waals surface area (Å²) in [5.41, 5.74) is 49.3. The molecule has 0 radical (unpaired) electrons. The second-order valence-electron chi connectivity index (χ2n) is 26.1. The van der Waals surface area contributed by atoms with Gasteiger partial charge in [-0.15, -0.1) is 0 Å². The van der Waals surface area contributed by atoms with Gasteiger partial charge in [-0.05, 0) is 35.3 Å². The third-order valence-corrected chi connectivity index (χ3v) is 20.7. The van der Waals surface area contributed by atoms with E-state index in [1.165, 1.54) is 45.1 Å². The summed E-state index contributed by atoms with van der Waals surface area (Å²) in [6.45, 7) is 8.43. The number of alkyl halides is 2. The molecule has 45 heteroatoms. The molecule has 10 rings (SSSR count). The molecular weight excluding hydrogens is 1580 g/mol.